The first-order chi connectivity index (χ1) is 12.2. The number of ether oxygens (including phenoxy) is 1. The summed E-state index contributed by atoms with van der Waals surface area (Å²) in [5.41, 5.74) is 2.87. The number of aromatic nitrogens is 1. The molecule has 3 aromatic rings. The number of benzene rings is 2. The van der Waals surface area contributed by atoms with Gasteiger partial charge in [-0.1, -0.05) is 32.0 Å². The lowest BCUT2D eigenvalue weighted by Gasteiger charge is -2.26. The maximum atomic E-state index is 12.6. The van der Waals surface area contributed by atoms with Gasteiger partial charge in [0.2, 0.25) is 10.0 Å². The number of H-pyrrole nitrogens is 1. The molecular weight excluding hydrogens is 348 g/mol. The average molecular weight is 372 g/mol. The van der Waals surface area contributed by atoms with Crippen LogP contribution in [0.15, 0.2) is 53.4 Å². The summed E-state index contributed by atoms with van der Waals surface area (Å²) in [6, 6.07) is 14.5. The highest BCUT2D eigenvalue weighted by Crippen LogP contribution is 2.33. The van der Waals surface area contributed by atoms with E-state index in [0.29, 0.717) is 12.3 Å². The SMILES string of the molecule is COc1ccc(S(=O)(=O)NCC(C)(C)c2c(C)[nH]c3ccccc23)cc1. The Bertz CT molecular complexity index is 1020. The van der Waals surface area contributed by atoms with E-state index in [2.05, 4.69) is 15.8 Å². The molecule has 0 spiro atoms. The predicted molar refractivity (Wildman–Crippen MR) is 104 cm³/mol. The van der Waals surface area contributed by atoms with Gasteiger partial charge in [0.25, 0.3) is 0 Å². The van der Waals surface area contributed by atoms with Crippen molar-refractivity contribution < 1.29 is 13.2 Å². The molecule has 0 unspecified atom stereocenters. The highest BCUT2D eigenvalue weighted by molar-refractivity contribution is 7.89. The number of aryl methyl sites for hydroxylation is 1. The lowest BCUT2D eigenvalue weighted by atomic mass is 9.83. The van der Waals surface area contributed by atoms with Gasteiger partial charge in [0.1, 0.15) is 5.75 Å². The van der Waals surface area contributed by atoms with Crippen LogP contribution in [0.2, 0.25) is 0 Å². The molecule has 26 heavy (non-hydrogen) atoms. The van der Waals surface area contributed by atoms with Crippen molar-refractivity contribution in [3.05, 3.63) is 59.8 Å². The minimum atomic E-state index is -3.59. The Morgan fingerprint density at radius 2 is 1.73 bits per heavy atom. The lowest BCUT2D eigenvalue weighted by Crippen LogP contribution is -2.37. The van der Waals surface area contributed by atoms with E-state index < -0.39 is 10.0 Å². The van der Waals surface area contributed by atoms with E-state index in [4.69, 9.17) is 4.74 Å². The third-order valence-corrected chi connectivity index (χ3v) is 6.06. The molecule has 0 aliphatic rings. The van der Waals surface area contributed by atoms with Crippen LogP contribution in [-0.2, 0) is 15.4 Å². The second-order valence-corrected chi connectivity index (χ2v) is 8.82. The number of nitrogens with one attached hydrogen (secondary N) is 2. The van der Waals surface area contributed by atoms with Crippen molar-refractivity contribution in [2.45, 2.75) is 31.1 Å². The quantitative estimate of drug-likeness (QED) is 0.692. The van der Waals surface area contributed by atoms with Crippen LogP contribution in [0.25, 0.3) is 10.9 Å². The largest absolute Gasteiger partial charge is 0.497 e. The third kappa shape index (κ3) is 3.48. The van der Waals surface area contributed by atoms with Crippen LogP contribution in [0.4, 0.5) is 0 Å². The minimum Gasteiger partial charge on any atom is -0.497 e. The molecule has 138 valence electrons. The first kappa shape index (κ1) is 18.5. The molecule has 0 saturated carbocycles. The maximum absolute atomic E-state index is 12.6. The lowest BCUT2D eigenvalue weighted by molar-refractivity contribution is 0.414. The second kappa shape index (κ2) is 6.78. The molecule has 3 rings (SSSR count). The number of aromatic amines is 1. The van der Waals surface area contributed by atoms with Crippen LogP contribution >= 0.6 is 0 Å². The smallest absolute Gasteiger partial charge is 0.240 e. The first-order valence-corrected chi connectivity index (χ1v) is 9.94. The van der Waals surface area contributed by atoms with E-state index in [1.165, 1.54) is 0 Å². The molecular formula is C20H24N2O3S. The van der Waals surface area contributed by atoms with E-state index in [1.54, 1.807) is 31.4 Å². The summed E-state index contributed by atoms with van der Waals surface area (Å²) in [5, 5.41) is 1.12. The Kier molecular flexibility index (Phi) is 4.82. The molecule has 0 bridgehead atoms. The number of rotatable bonds is 6. The molecule has 0 atom stereocenters. The number of hydrogen-bond donors (Lipinski definition) is 2. The molecule has 0 aliphatic heterocycles. The molecule has 2 aromatic carbocycles. The van der Waals surface area contributed by atoms with Gasteiger partial charge < -0.3 is 9.72 Å². The highest BCUT2D eigenvalue weighted by atomic mass is 32.2. The van der Waals surface area contributed by atoms with Crippen LogP contribution in [0.3, 0.4) is 0 Å². The molecule has 2 N–H and O–H groups in total. The Balaban J connectivity index is 1.85. The summed E-state index contributed by atoms with van der Waals surface area (Å²) >= 11 is 0. The summed E-state index contributed by atoms with van der Waals surface area (Å²) in [6.45, 7) is 6.41. The number of para-hydroxylation sites is 1. The normalized spacial score (nSPS) is 12.5. The number of hydrogen-bond acceptors (Lipinski definition) is 3. The fourth-order valence-electron chi connectivity index (χ4n) is 3.35. The summed E-state index contributed by atoms with van der Waals surface area (Å²) in [6.07, 6.45) is 0. The van der Waals surface area contributed by atoms with E-state index in [-0.39, 0.29) is 10.3 Å². The van der Waals surface area contributed by atoms with Crippen LogP contribution in [-0.4, -0.2) is 27.1 Å². The van der Waals surface area contributed by atoms with Crippen LogP contribution in [0.1, 0.15) is 25.1 Å². The van der Waals surface area contributed by atoms with E-state index >= 15 is 0 Å². The van der Waals surface area contributed by atoms with E-state index in [9.17, 15) is 8.42 Å². The number of fused-ring (bicyclic) bond motifs is 1. The number of sulfonamides is 1. The highest BCUT2D eigenvalue weighted by Gasteiger charge is 2.28. The van der Waals surface area contributed by atoms with Crippen molar-refractivity contribution in [2.24, 2.45) is 0 Å². The molecule has 1 heterocycles. The maximum Gasteiger partial charge on any atom is 0.240 e. The molecule has 1 aromatic heterocycles. The Morgan fingerprint density at radius 1 is 1.08 bits per heavy atom. The molecule has 5 nitrogen and oxygen atoms in total. The van der Waals surface area contributed by atoms with Crippen LogP contribution in [0.5, 0.6) is 5.75 Å². The number of methoxy groups -OCH3 is 1. The monoisotopic (exact) mass is 372 g/mol. The molecule has 0 amide bonds. The van der Waals surface area contributed by atoms with Gasteiger partial charge in [0, 0.05) is 28.6 Å². The summed E-state index contributed by atoms with van der Waals surface area (Å²) in [4.78, 5) is 3.61. The van der Waals surface area contributed by atoms with Crippen molar-refractivity contribution in [1.82, 2.24) is 9.71 Å². The minimum absolute atomic E-state index is 0.227. The van der Waals surface area contributed by atoms with Crippen molar-refractivity contribution in [1.29, 1.82) is 0 Å². The van der Waals surface area contributed by atoms with Crippen molar-refractivity contribution in [3.63, 3.8) is 0 Å². The van der Waals surface area contributed by atoms with Gasteiger partial charge in [-0.15, -0.1) is 0 Å². The van der Waals surface area contributed by atoms with Crippen LogP contribution < -0.4 is 9.46 Å². The Labute approximate surface area is 154 Å². The zero-order chi connectivity index (χ0) is 18.9. The second-order valence-electron chi connectivity index (χ2n) is 7.05. The van der Waals surface area contributed by atoms with Crippen molar-refractivity contribution in [2.75, 3.05) is 13.7 Å². The van der Waals surface area contributed by atoms with E-state index in [1.807, 2.05) is 39.0 Å². The zero-order valence-electron chi connectivity index (χ0n) is 15.5. The molecule has 0 aliphatic carbocycles. The molecule has 0 saturated heterocycles. The van der Waals surface area contributed by atoms with Gasteiger partial charge in [0.05, 0.1) is 12.0 Å². The first-order valence-electron chi connectivity index (χ1n) is 8.46. The van der Waals surface area contributed by atoms with Gasteiger partial charge in [-0.2, -0.15) is 0 Å². The molecule has 6 heteroatoms. The van der Waals surface area contributed by atoms with Gasteiger partial charge >= 0.3 is 0 Å². The fourth-order valence-corrected chi connectivity index (χ4v) is 4.56. The Hall–Kier alpha value is -2.31. The Morgan fingerprint density at radius 3 is 2.38 bits per heavy atom. The van der Waals surface area contributed by atoms with Gasteiger partial charge in [-0.05, 0) is 42.8 Å². The fraction of sp³-hybridized carbons (Fsp3) is 0.300. The topological polar surface area (TPSA) is 71.2 Å². The summed E-state index contributed by atoms with van der Waals surface area (Å²) in [7, 11) is -2.04. The predicted octanol–water partition coefficient (Wildman–Crippen LogP) is 3.74. The van der Waals surface area contributed by atoms with Gasteiger partial charge in [-0.25, -0.2) is 13.1 Å². The van der Waals surface area contributed by atoms with Gasteiger partial charge in [0.15, 0.2) is 0 Å². The molecule has 0 radical (unpaired) electrons. The third-order valence-electron chi connectivity index (χ3n) is 4.64. The standard InChI is InChI=1S/C20H24N2O3S/c1-14-19(17-7-5-6-8-18(17)22-14)20(2,3)13-21-26(23,24)16-11-9-15(25-4)10-12-16/h5-12,21-22H,13H2,1-4H3. The summed E-state index contributed by atoms with van der Waals surface area (Å²) < 4.78 is 33.1. The van der Waals surface area contributed by atoms with Crippen molar-refractivity contribution in [3.8, 4) is 5.75 Å². The van der Waals surface area contributed by atoms with Crippen LogP contribution in [0, 0.1) is 6.92 Å². The van der Waals surface area contributed by atoms with Gasteiger partial charge in [-0.3, -0.25) is 0 Å². The zero-order valence-corrected chi connectivity index (χ0v) is 16.3. The van der Waals surface area contributed by atoms with Crippen molar-refractivity contribution >= 4 is 20.9 Å². The average Bonchev–Trinajstić information content (AvgIpc) is 2.97. The summed E-state index contributed by atoms with van der Waals surface area (Å²) in [5.74, 6) is 0.624. The molecule has 0 fully saturated rings. The van der Waals surface area contributed by atoms with E-state index in [0.717, 1.165) is 22.2 Å².